The van der Waals surface area contributed by atoms with E-state index in [1.165, 1.54) is 5.56 Å². The number of nitrogens with two attached hydrogens (primary N) is 1. The summed E-state index contributed by atoms with van der Waals surface area (Å²) in [4.78, 5) is 2.37. The summed E-state index contributed by atoms with van der Waals surface area (Å²) in [5.41, 5.74) is 7.36. The first-order chi connectivity index (χ1) is 9.08. The molecule has 19 heavy (non-hydrogen) atoms. The Morgan fingerprint density at radius 3 is 2.79 bits per heavy atom. The monoisotopic (exact) mass is 326 g/mol. The highest BCUT2D eigenvalue weighted by atomic mass is 79.9. The molecule has 0 amide bonds. The molecule has 1 fully saturated rings. The molecule has 0 aromatic heterocycles. The Bertz CT molecular complexity index is 420. The molecule has 1 aliphatic rings. The highest BCUT2D eigenvalue weighted by molar-refractivity contribution is 9.10. The van der Waals surface area contributed by atoms with Gasteiger partial charge in [-0.2, -0.15) is 0 Å². The Hall–Kier alpha value is -0.420. The average molecular weight is 327 g/mol. The topological polar surface area (TPSA) is 38.5 Å². The summed E-state index contributed by atoms with van der Waals surface area (Å²) >= 11 is 3.61. The largest absolute Gasteiger partial charge is 0.381 e. The Kier molecular flexibility index (Phi) is 5.01. The fourth-order valence-electron chi connectivity index (χ4n) is 2.72. The standard InChI is InChI=1S/C15H23BrN2O/c1-15(11-17,13-7-8-19-10-13)18(2)9-12-5-3-4-6-14(12)16/h3-6,13H,7-11,17H2,1-2H3. The van der Waals surface area contributed by atoms with Crippen molar-refractivity contribution >= 4 is 15.9 Å². The van der Waals surface area contributed by atoms with Gasteiger partial charge in [-0.3, -0.25) is 4.90 Å². The summed E-state index contributed by atoms with van der Waals surface area (Å²) < 4.78 is 6.69. The second-order valence-electron chi connectivity index (χ2n) is 5.57. The first-order valence-corrected chi connectivity index (χ1v) is 7.59. The van der Waals surface area contributed by atoms with Crippen molar-refractivity contribution in [1.82, 2.24) is 4.90 Å². The minimum atomic E-state index is -0.00815. The summed E-state index contributed by atoms with van der Waals surface area (Å²) in [7, 11) is 2.16. The van der Waals surface area contributed by atoms with Crippen LogP contribution < -0.4 is 5.73 Å². The molecule has 1 saturated heterocycles. The van der Waals surface area contributed by atoms with Crippen molar-refractivity contribution in [2.24, 2.45) is 11.7 Å². The van der Waals surface area contributed by atoms with E-state index < -0.39 is 0 Å². The smallest absolute Gasteiger partial charge is 0.0513 e. The molecule has 0 bridgehead atoms. The SMILES string of the molecule is CN(Cc1ccccc1Br)C(C)(CN)C1CCOC1. The molecule has 2 N–H and O–H groups in total. The summed E-state index contributed by atoms with van der Waals surface area (Å²) in [5, 5.41) is 0. The molecule has 0 spiro atoms. The van der Waals surface area contributed by atoms with Crippen molar-refractivity contribution in [2.45, 2.75) is 25.4 Å². The highest BCUT2D eigenvalue weighted by Crippen LogP contribution is 2.31. The van der Waals surface area contributed by atoms with Crippen LogP contribution in [0.25, 0.3) is 0 Å². The first kappa shape index (κ1) is 15.0. The van der Waals surface area contributed by atoms with Gasteiger partial charge in [0.05, 0.1) is 6.61 Å². The van der Waals surface area contributed by atoms with Gasteiger partial charge in [0.2, 0.25) is 0 Å². The van der Waals surface area contributed by atoms with E-state index in [1.54, 1.807) is 0 Å². The van der Waals surface area contributed by atoms with Gasteiger partial charge in [-0.15, -0.1) is 0 Å². The predicted octanol–water partition coefficient (Wildman–Crippen LogP) is 2.63. The van der Waals surface area contributed by atoms with Crippen LogP contribution in [0.1, 0.15) is 18.9 Å². The fourth-order valence-corrected chi connectivity index (χ4v) is 3.13. The first-order valence-electron chi connectivity index (χ1n) is 6.80. The number of benzene rings is 1. The predicted molar refractivity (Wildman–Crippen MR) is 82.0 cm³/mol. The van der Waals surface area contributed by atoms with Gasteiger partial charge in [0, 0.05) is 35.6 Å². The molecule has 106 valence electrons. The molecular formula is C15H23BrN2O. The molecule has 1 heterocycles. The molecule has 0 saturated carbocycles. The number of nitrogens with zero attached hydrogens (tertiary/aromatic N) is 1. The number of hydrogen-bond acceptors (Lipinski definition) is 3. The van der Waals surface area contributed by atoms with Crippen LogP contribution in [0.4, 0.5) is 0 Å². The summed E-state index contributed by atoms with van der Waals surface area (Å²) in [6.45, 7) is 5.49. The highest BCUT2D eigenvalue weighted by Gasteiger charge is 2.38. The van der Waals surface area contributed by atoms with Crippen LogP contribution >= 0.6 is 15.9 Å². The number of ether oxygens (including phenoxy) is 1. The minimum Gasteiger partial charge on any atom is -0.381 e. The van der Waals surface area contributed by atoms with E-state index in [9.17, 15) is 0 Å². The second-order valence-corrected chi connectivity index (χ2v) is 6.42. The zero-order valence-corrected chi connectivity index (χ0v) is 13.3. The normalized spacial score (nSPS) is 22.7. The Labute approximate surface area is 124 Å². The molecule has 0 aliphatic carbocycles. The van der Waals surface area contributed by atoms with E-state index in [0.29, 0.717) is 12.5 Å². The number of rotatable bonds is 5. The lowest BCUT2D eigenvalue weighted by Crippen LogP contribution is -2.54. The van der Waals surface area contributed by atoms with E-state index in [1.807, 2.05) is 6.07 Å². The zero-order valence-electron chi connectivity index (χ0n) is 11.7. The van der Waals surface area contributed by atoms with Crippen LogP contribution in [0.2, 0.25) is 0 Å². The Balaban J connectivity index is 2.12. The molecule has 2 atom stereocenters. The lowest BCUT2D eigenvalue weighted by atomic mass is 9.83. The van der Waals surface area contributed by atoms with E-state index >= 15 is 0 Å². The summed E-state index contributed by atoms with van der Waals surface area (Å²) in [6, 6.07) is 8.36. The van der Waals surface area contributed by atoms with Crippen LogP contribution in [-0.2, 0) is 11.3 Å². The van der Waals surface area contributed by atoms with Crippen molar-refractivity contribution in [2.75, 3.05) is 26.8 Å². The number of halogens is 1. The van der Waals surface area contributed by atoms with Crippen LogP contribution in [0.3, 0.4) is 0 Å². The fraction of sp³-hybridized carbons (Fsp3) is 0.600. The third-order valence-corrected chi connectivity index (χ3v) is 5.23. The lowest BCUT2D eigenvalue weighted by molar-refractivity contribution is 0.0608. The maximum absolute atomic E-state index is 6.07. The van der Waals surface area contributed by atoms with Crippen LogP contribution in [0, 0.1) is 5.92 Å². The number of hydrogen-bond donors (Lipinski definition) is 1. The van der Waals surface area contributed by atoms with Crippen molar-refractivity contribution in [3.63, 3.8) is 0 Å². The van der Waals surface area contributed by atoms with Crippen molar-refractivity contribution in [1.29, 1.82) is 0 Å². The van der Waals surface area contributed by atoms with Crippen molar-refractivity contribution in [3.05, 3.63) is 34.3 Å². The Morgan fingerprint density at radius 2 is 2.21 bits per heavy atom. The van der Waals surface area contributed by atoms with Gasteiger partial charge in [0.15, 0.2) is 0 Å². The van der Waals surface area contributed by atoms with Crippen molar-refractivity contribution < 1.29 is 4.74 Å². The van der Waals surface area contributed by atoms with Gasteiger partial charge in [0.25, 0.3) is 0 Å². The minimum absolute atomic E-state index is 0.00815. The molecule has 3 nitrogen and oxygen atoms in total. The summed E-state index contributed by atoms with van der Waals surface area (Å²) in [5.74, 6) is 0.519. The summed E-state index contributed by atoms with van der Waals surface area (Å²) in [6.07, 6.45) is 1.11. The van der Waals surface area contributed by atoms with Gasteiger partial charge in [-0.25, -0.2) is 0 Å². The molecule has 4 heteroatoms. The van der Waals surface area contributed by atoms with Gasteiger partial charge >= 0.3 is 0 Å². The third-order valence-electron chi connectivity index (χ3n) is 4.46. The molecule has 1 aliphatic heterocycles. The molecule has 0 radical (unpaired) electrons. The van der Waals surface area contributed by atoms with E-state index in [-0.39, 0.29) is 5.54 Å². The van der Waals surface area contributed by atoms with Gasteiger partial charge < -0.3 is 10.5 Å². The maximum Gasteiger partial charge on any atom is 0.0513 e. The molecule has 1 aromatic carbocycles. The third kappa shape index (κ3) is 3.19. The second kappa shape index (κ2) is 6.35. The Morgan fingerprint density at radius 1 is 1.47 bits per heavy atom. The average Bonchev–Trinajstić information content (AvgIpc) is 2.95. The zero-order chi connectivity index (χ0) is 13.9. The van der Waals surface area contributed by atoms with Gasteiger partial charge in [0.1, 0.15) is 0 Å². The van der Waals surface area contributed by atoms with Gasteiger partial charge in [-0.05, 0) is 32.0 Å². The van der Waals surface area contributed by atoms with Crippen LogP contribution in [0.15, 0.2) is 28.7 Å². The maximum atomic E-state index is 6.07. The molecular weight excluding hydrogens is 304 g/mol. The van der Waals surface area contributed by atoms with E-state index in [0.717, 1.165) is 30.7 Å². The van der Waals surface area contributed by atoms with Crippen LogP contribution in [0.5, 0.6) is 0 Å². The quantitative estimate of drug-likeness (QED) is 0.904. The van der Waals surface area contributed by atoms with Crippen molar-refractivity contribution in [3.8, 4) is 0 Å². The van der Waals surface area contributed by atoms with E-state index in [2.05, 4.69) is 53.0 Å². The van der Waals surface area contributed by atoms with E-state index in [4.69, 9.17) is 10.5 Å². The molecule has 2 unspecified atom stereocenters. The lowest BCUT2D eigenvalue weighted by Gasteiger charge is -2.42. The number of likely N-dealkylation sites (N-methyl/N-ethyl adjacent to an activating group) is 1. The molecule has 1 aromatic rings. The van der Waals surface area contributed by atoms with Crippen LogP contribution in [-0.4, -0.2) is 37.2 Å². The van der Waals surface area contributed by atoms with Gasteiger partial charge in [-0.1, -0.05) is 34.1 Å². The molecule has 2 rings (SSSR count).